The van der Waals surface area contributed by atoms with Crippen LogP contribution in [0.15, 0.2) is 0 Å². The van der Waals surface area contributed by atoms with E-state index in [1.807, 2.05) is 0 Å². The molecular formula is C9H15F2NO2. The molecule has 0 saturated carbocycles. The van der Waals surface area contributed by atoms with Gasteiger partial charge in [0.25, 0.3) is 0 Å². The van der Waals surface area contributed by atoms with E-state index in [1.165, 1.54) is 0 Å². The predicted molar refractivity (Wildman–Crippen MR) is 47.6 cm³/mol. The number of alkyl halides is 2. The minimum absolute atomic E-state index is 0.212. The van der Waals surface area contributed by atoms with E-state index >= 15 is 0 Å². The summed E-state index contributed by atoms with van der Waals surface area (Å²) >= 11 is 0. The van der Waals surface area contributed by atoms with Gasteiger partial charge in [0.15, 0.2) is 12.3 Å². The Morgan fingerprint density at radius 3 is 2.07 bits per heavy atom. The number of carbonyl (C=O) groups excluding carboxylic acids is 1. The third kappa shape index (κ3) is 2.82. The highest BCUT2D eigenvalue weighted by molar-refractivity contribution is 5.68. The molecule has 82 valence electrons. The molecule has 0 aromatic rings. The molecule has 0 aliphatic carbocycles. The summed E-state index contributed by atoms with van der Waals surface area (Å²) in [5, 5.41) is 0. The molecule has 1 saturated heterocycles. The van der Waals surface area contributed by atoms with Crippen LogP contribution < -0.4 is 0 Å². The molecule has 5 heteroatoms. The minimum atomic E-state index is -1.58. The number of hydrogen-bond acceptors (Lipinski definition) is 2. The fourth-order valence-corrected chi connectivity index (χ4v) is 1.20. The van der Waals surface area contributed by atoms with Crippen molar-refractivity contribution in [3.05, 3.63) is 0 Å². The van der Waals surface area contributed by atoms with Crippen molar-refractivity contribution in [3.8, 4) is 0 Å². The largest absolute Gasteiger partial charge is 0.444 e. The van der Waals surface area contributed by atoms with Crippen LogP contribution in [0.25, 0.3) is 0 Å². The number of carbonyl (C=O) groups is 1. The van der Waals surface area contributed by atoms with Crippen molar-refractivity contribution in [3.63, 3.8) is 0 Å². The zero-order chi connectivity index (χ0) is 10.9. The number of likely N-dealkylation sites (tertiary alicyclic amines) is 1. The number of amides is 1. The Kier molecular flexibility index (Phi) is 2.97. The van der Waals surface area contributed by atoms with E-state index < -0.39 is 24.0 Å². The van der Waals surface area contributed by atoms with Gasteiger partial charge in [-0.05, 0) is 20.8 Å². The monoisotopic (exact) mass is 207 g/mol. The number of ether oxygens (including phenoxy) is 1. The zero-order valence-corrected chi connectivity index (χ0v) is 8.59. The topological polar surface area (TPSA) is 29.5 Å². The third-order valence-corrected chi connectivity index (χ3v) is 1.83. The van der Waals surface area contributed by atoms with Crippen LogP contribution in [0.4, 0.5) is 13.6 Å². The van der Waals surface area contributed by atoms with Crippen LogP contribution in [-0.2, 0) is 4.74 Å². The molecule has 1 amide bonds. The molecule has 1 aliphatic heterocycles. The molecule has 0 spiro atoms. The lowest BCUT2D eigenvalue weighted by Crippen LogP contribution is -2.35. The first-order valence-corrected chi connectivity index (χ1v) is 4.55. The molecule has 0 bridgehead atoms. The normalized spacial score (nSPS) is 27.9. The third-order valence-electron chi connectivity index (χ3n) is 1.83. The summed E-state index contributed by atoms with van der Waals surface area (Å²) in [6.45, 7) is 4.70. The summed E-state index contributed by atoms with van der Waals surface area (Å²) in [4.78, 5) is 12.4. The van der Waals surface area contributed by atoms with E-state index in [9.17, 15) is 13.6 Å². The van der Waals surface area contributed by atoms with Gasteiger partial charge in [-0.2, -0.15) is 0 Å². The second-order valence-electron chi connectivity index (χ2n) is 4.42. The molecular weight excluding hydrogens is 192 g/mol. The summed E-state index contributed by atoms with van der Waals surface area (Å²) in [6.07, 6.45) is -3.81. The van der Waals surface area contributed by atoms with Gasteiger partial charge < -0.3 is 9.64 Å². The number of rotatable bonds is 0. The molecule has 1 aliphatic rings. The standard InChI is InChI=1S/C9H15F2NO2/c1-9(2,3)14-8(13)12-4-6(10)7(11)5-12/h6-7H,4-5H2,1-3H3/t6-,7-/m1/s1. The molecule has 1 fully saturated rings. The Hall–Kier alpha value is -0.870. The van der Waals surface area contributed by atoms with Crippen LogP contribution >= 0.6 is 0 Å². The smallest absolute Gasteiger partial charge is 0.410 e. The molecule has 0 N–H and O–H groups in total. The Labute approximate surface area is 82.0 Å². The lowest BCUT2D eigenvalue weighted by atomic mass is 10.2. The van der Waals surface area contributed by atoms with E-state index in [4.69, 9.17) is 4.74 Å². The van der Waals surface area contributed by atoms with Gasteiger partial charge >= 0.3 is 6.09 Å². The first kappa shape index (κ1) is 11.2. The fourth-order valence-electron chi connectivity index (χ4n) is 1.20. The zero-order valence-electron chi connectivity index (χ0n) is 8.59. The summed E-state index contributed by atoms with van der Waals surface area (Å²) in [6, 6.07) is 0. The summed E-state index contributed by atoms with van der Waals surface area (Å²) in [7, 11) is 0. The van der Waals surface area contributed by atoms with Crippen molar-refractivity contribution in [2.45, 2.75) is 38.7 Å². The highest BCUT2D eigenvalue weighted by atomic mass is 19.2. The van der Waals surface area contributed by atoms with Crippen LogP contribution in [0.3, 0.4) is 0 Å². The molecule has 1 heterocycles. The molecule has 14 heavy (non-hydrogen) atoms. The van der Waals surface area contributed by atoms with E-state index in [0.29, 0.717) is 0 Å². The van der Waals surface area contributed by atoms with Gasteiger partial charge in [-0.1, -0.05) is 0 Å². The first-order valence-electron chi connectivity index (χ1n) is 4.55. The SMILES string of the molecule is CC(C)(C)OC(=O)N1C[C@@H](F)[C@H](F)C1. The van der Waals surface area contributed by atoms with E-state index in [-0.39, 0.29) is 13.1 Å². The molecule has 2 atom stereocenters. The second kappa shape index (κ2) is 3.71. The van der Waals surface area contributed by atoms with E-state index in [1.54, 1.807) is 20.8 Å². The van der Waals surface area contributed by atoms with Crippen molar-refractivity contribution in [1.82, 2.24) is 4.90 Å². The average molecular weight is 207 g/mol. The maximum Gasteiger partial charge on any atom is 0.410 e. The number of halogens is 2. The summed E-state index contributed by atoms with van der Waals surface area (Å²) in [5.41, 5.74) is -0.628. The number of hydrogen-bond donors (Lipinski definition) is 0. The highest BCUT2D eigenvalue weighted by Gasteiger charge is 2.37. The number of nitrogens with zero attached hydrogens (tertiary/aromatic N) is 1. The van der Waals surface area contributed by atoms with Gasteiger partial charge in [-0.25, -0.2) is 13.6 Å². The lowest BCUT2D eigenvalue weighted by molar-refractivity contribution is 0.0279. The Bertz CT molecular complexity index is 217. The summed E-state index contributed by atoms with van der Waals surface area (Å²) < 4.78 is 30.4. The maximum atomic E-state index is 12.7. The van der Waals surface area contributed by atoms with Crippen molar-refractivity contribution < 1.29 is 18.3 Å². The van der Waals surface area contributed by atoms with Gasteiger partial charge in [-0.3, -0.25) is 0 Å². The van der Waals surface area contributed by atoms with Crippen LogP contribution in [0.5, 0.6) is 0 Å². The summed E-state index contributed by atoms with van der Waals surface area (Å²) in [5.74, 6) is 0. The molecule has 0 aromatic carbocycles. The predicted octanol–water partition coefficient (Wildman–Crippen LogP) is 1.91. The second-order valence-corrected chi connectivity index (χ2v) is 4.42. The quantitative estimate of drug-likeness (QED) is 0.607. The maximum absolute atomic E-state index is 12.7. The minimum Gasteiger partial charge on any atom is -0.444 e. The highest BCUT2D eigenvalue weighted by Crippen LogP contribution is 2.19. The molecule has 0 unspecified atom stereocenters. The van der Waals surface area contributed by atoms with Crippen molar-refractivity contribution >= 4 is 6.09 Å². The molecule has 0 radical (unpaired) electrons. The molecule has 3 nitrogen and oxygen atoms in total. The molecule has 1 rings (SSSR count). The van der Waals surface area contributed by atoms with Crippen LogP contribution in [0.2, 0.25) is 0 Å². The van der Waals surface area contributed by atoms with E-state index in [0.717, 1.165) is 4.90 Å². The molecule has 0 aromatic heterocycles. The van der Waals surface area contributed by atoms with Gasteiger partial charge in [0, 0.05) is 0 Å². The van der Waals surface area contributed by atoms with E-state index in [2.05, 4.69) is 0 Å². The fraction of sp³-hybridized carbons (Fsp3) is 0.889. The first-order chi connectivity index (χ1) is 6.29. The van der Waals surface area contributed by atoms with Gasteiger partial charge in [0.1, 0.15) is 5.60 Å². The Morgan fingerprint density at radius 1 is 1.29 bits per heavy atom. The van der Waals surface area contributed by atoms with Crippen molar-refractivity contribution in [2.24, 2.45) is 0 Å². The van der Waals surface area contributed by atoms with Crippen LogP contribution in [0, 0.1) is 0 Å². The Balaban J connectivity index is 2.48. The Morgan fingerprint density at radius 2 is 1.71 bits per heavy atom. The van der Waals surface area contributed by atoms with Crippen LogP contribution in [-0.4, -0.2) is 42.0 Å². The van der Waals surface area contributed by atoms with Crippen molar-refractivity contribution in [1.29, 1.82) is 0 Å². The van der Waals surface area contributed by atoms with Crippen LogP contribution in [0.1, 0.15) is 20.8 Å². The van der Waals surface area contributed by atoms with Gasteiger partial charge in [-0.15, -0.1) is 0 Å². The average Bonchev–Trinajstić information content (AvgIpc) is 2.28. The van der Waals surface area contributed by atoms with Crippen molar-refractivity contribution in [2.75, 3.05) is 13.1 Å². The lowest BCUT2D eigenvalue weighted by Gasteiger charge is -2.23. The van der Waals surface area contributed by atoms with Gasteiger partial charge in [0.05, 0.1) is 13.1 Å². The van der Waals surface area contributed by atoms with Gasteiger partial charge in [0.2, 0.25) is 0 Å².